The monoisotopic (exact) mass is 432 g/mol. The molecule has 32 heavy (non-hydrogen) atoms. The van der Waals surface area contributed by atoms with Crippen LogP contribution in [-0.2, 0) is 16.1 Å². The number of methoxy groups -OCH3 is 1. The Morgan fingerprint density at radius 1 is 1.03 bits per heavy atom. The smallest absolute Gasteiger partial charge is 0.268 e. The molecule has 0 saturated carbocycles. The van der Waals surface area contributed by atoms with Crippen molar-refractivity contribution in [2.24, 2.45) is 0 Å². The van der Waals surface area contributed by atoms with E-state index < -0.39 is 6.10 Å². The molecule has 2 amide bonds. The molecule has 3 aromatic carbocycles. The second kappa shape index (κ2) is 9.43. The fraction of sp³-hybridized carbons (Fsp3) is 0.200. The van der Waals surface area contributed by atoms with Gasteiger partial charge in [-0.05, 0) is 42.8 Å². The number of carbonyl (C=O) groups is 2. The molecular formula is C25H24N2O5. The third kappa shape index (κ3) is 4.83. The van der Waals surface area contributed by atoms with Crippen molar-refractivity contribution in [3.8, 4) is 17.2 Å². The molecule has 7 heteroatoms. The summed E-state index contributed by atoms with van der Waals surface area (Å²) in [5, 5.41) is 2.81. The van der Waals surface area contributed by atoms with E-state index in [-0.39, 0.29) is 18.4 Å². The highest BCUT2D eigenvalue weighted by Crippen LogP contribution is 2.37. The van der Waals surface area contributed by atoms with Crippen molar-refractivity contribution in [1.82, 2.24) is 0 Å². The summed E-state index contributed by atoms with van der Waals surface area (Å²) in [5.41, 5.74) is 2.16. The SMILES string of the molecule is COc1cccc(OCC(=O)Nc2ccc3c(c2)N(Cc2ccccc2)C(=O)C(C)O3)c1. The van der Waals surface area contributed by atoms with Gasteiger partial charge in [-0.25, -0.2) is 0 Å². The molecule has 1 aliphatic heterocycles. The average Bonchev–Trinajstić information content (AvgIpc) is 2.82. The first-order valence-electron chi connectivity index (χ1n) is 10.3. The van der Waals surface area contributed by atoms with E-state index in [0.717, 1.165) is 5.56 Å². The highest BCUT2D eigenvalue weighted by Gasteiger charge is 2.31. The molecule has 1 N–H and O–H groups in total. The van der Waals surface area contributed by atoms with E-state index in [0.29, 0.717) is 35.2 Å². The van der Waals surface area contributed by atoms with E-state index in [9.17, 15) is 9.59 Å². The fourth-order valence-corrected chi connectivity index (χ4v) is 3.45. The van der Waals surface area contributed by atoms with Gasteiger partial charge < -0.3 is 24.4 Å². The summed E-state index contributed by atoms with van der Waals surface area (Å²) in [6.45, 7) is 1.98. The van der Waals surface area contributed by atoms with Gasteiger partial charge in [-0.15, -0.1) is 0 Å². The van der Waals surface area contributed by atoms with Crippen molar-refractivity contribution in [1.29, 1.82) is 0 Å². The molecule has 0 aliphatic carbocycles. The molecule has 0 aromatic heterocycles. The summed E-state index contributed by atoms with van der Waals surface area (Å²) in [5.74, 6) is 1.32. The molecule has 1 atom stereocenters. The highest BCUT2D eigenvalue weighted by molar-refractivity contribution is 6.01. The predicted molar refractivity (Wildman–Crippen MR) is 121 cm³/mol. The van der Waals surface area contributed by atoms with Crippen LogP contribution in [0, 0.1) is 0 Å². The molecular weight excluding hydrogens is 408 g/mol. The first kappa shape index (κ1) is 21.2. The van der Waals surface area contributed by atoms with Crippen LogP contribution < -0.4 is 24.4 Å². The average molecular weight is 432 g/mol. The predicted octanol–water partition coefficient (Wildman–Crippen LogP) is 4.03. The Morgan fingerprint density at radius 2 is 1.81 bits per heavy atom. The molecule has 4 rings (SSSR count). The number of rotatable bonds is 7. The lowest BCUT2D eigenvalue weighted by molar-refractivity contribution is -0.125. The number of carbonyl (C=O) groups excluding carboxylic acids is 2. The van der Waals surface area contributed by atoms with Crippen LogP contribution >= 0.6 is 0 Å². The third-order valence-corrected chi connectivity index (χ3v) is 5.05. The number of nitrogens with zero attached hydrogens (tertiary/aromatic N) is 1. The van der Waals surface area contributed by atoms with E-state index in [4.69, 9.17) is 14.2 Å². The van der Waals surface area contributed by atoms with Gasteiger partial charge in [0.05, 0.1) is 19.3 Å². The standard InChI is InChI=1S/C25H24N2O5/c1-17-25(29)27(15-18-7-4-3-5-8-18)22-13-19(11-12-23(22)32-17)26-24(28)16-31-21-10-6-9-20(14-21)30-2/h3-14,17H,15-16H2,1-2H3,(H,26,28). The molecule has 1 heterocycles. The second-order valence-electron chi connectivity index (χ2n) is 7.37. The van der Waals surface area contributed by atoms with Crippen LogP contribution in [0.2, 0.25) is 0 Å². The number of hydrogen-bond acceptors (Lipinski definition) is 5. The highest BCUT2D eigenvalue weighted by atomic mass is 16.5. The minimum atomic E-state index is -0.581. The molecule has 0 bridgehead atoms. The number of ether oxygens (including phenoxy) is 3. The Balaban J connectivity index is 1.48. The third-order valence-electron chi connectivity index (χ3n) is 5.05. The van der Waals surface area contributed by atoms with Crippen molar-refractivity contribution in [2.75, 3.05) is 23.9 Å². The van der Waals surface area contributed by atoms with Crippen LogP contribution in [0.3, 0.4) is 0 Å². The zero-order valence-electron chi connectivity index (χ0n) is 17.9. The fourth-order valence-electron chi connectivity index (χ4n) is 3.45. The maximum atomic E-state index is 12.8. The summed E-state index contributed by atoms with van der Waals surface area (Å²) < 4.78 is 16.5. The Hall–Kier alpha value is -4.00. The maximum Gasteiger partial charge on any atom is 0.268 e. The molecule has 0 spiro atoms. The number of hydrogen-bond donors (Lipinski definition) is 1. The minimum Gasteiger partial charge on any atom is -0.497 e. The van der Waals surface area contributed by atoms with Crippen LogP contribution in [-0.4, -0.2) is 31.6 Å². The lowest BCUT2D eigenvalue weighted by Gasteiger charge is -2.33. The van der Waals surface area contributed by atoms with Crippen molar-refractivity contribution in [3.05, 3.63) is 78.4 Å². The van der Waals surface area contributed by atoms with Crippen LogP contribution in [0.4, 0.5) is 11.4 Å². The zero-order valence-corrected chi connectivity index (χ0v) is 17.9. The molecule has 0 radical (unpaired) electrons. The normalized spacial score (nSPS) is 14.9. The van der Waals surface area contributed by atoms with Crippen LogP contribution in [0.25, 0.3) is 0 Å². The quantitative estimate of drug-likeness (QED) is 0.610. The van der Waals surface area contributed by atoms with Crippen molar-refractivity contribution in [2.45, 2.75) is 19.6 Å². The molecule has 0 fully saturated rings. The number of fused-ring (bicyclic) bond motifs is 1. The van der Waals surface area contributed by atoms with Crippen LogP contribution in [0.15, 0.2) is 72.8 Å². The van der Waals surface area contributed by atoms with Gasteiger partial charge in [0.2, 0.25) is 0 Å². The lowest BCUT2D eigenvalue weighted by atomic mass is 10.1. The van der Waals surface area contributed by atoms with Gasteiger partial charge in [0.25, 0.3) is 11.8 Å². The molecule has 1 aliphatic rings. The summed E-state index contributed by atoms with van der Waals surface area (Å²) in [6, 6.07) is 22.0. The first-order valence-corrected chi connectivity index (χ1v) is 10.3. The Morgan fingerprint density at radius 3 is 2.59 bits per heavy atom. The van der Waals surface area contributed by atoms with Crippen molar-refractivity contribution < 1.29 is 23.8 Å². The van der Waals surface area contributed by atoms with E-state index >= 15 is 0 Å². The largest absolute Gasteiger partial charge is 0.497 e. The molecule has 3 aromatic rings. The summed E-state index contributed by atoms with van der Waals surface area (Å²) in [7, 11) is 1.57. The van der Waals surface area contributed by atoms with Gasteiger partial charge in [-0.3, -0.25) is 9.59 Å². The summed E-state index contributed by atoms with van der Waals surface area (Å²) in [4.78, 5) is 26.9. The van der Waals surface area contributed by atoms with Gasteiger partial charge in [0, 0.05) is 11.8 Å². The van der Waals surface area contributed by atoms with E-state index in [1.165, 1.54) is 0 Å². The summed E-state index contributed by atoms with van der Waals surface area (Å²) in [6.07, 6.45) is -0.581. The van der Waals surface area contributed by atoms with Crippen molar-refractivity contribution in [3.63, 3.8) is 0 Å². The molecule has 7 nitrogen and oxygen atoms in total. The molecule has 1 unspecified atom stereocenters. The Labute approximate surface area is 186 Å². The van der Waals surface area contributed by atoms with Gasteiger partial charge in [-0.1, -0.05) is 36.4 Å². The maximum absolute atomic E-state index is 12.8. The van der Waals surface area contributed by atoms with Gasteiger partial charge >= 0.3 is 0 Å². The zero-order chi connectivity index (χ0) is 22.5. The lowest BCUT2D eigenvalue weighted by Crippen LogP contribution is -2.44. The number of benzene rings is 3. The number of amides is 2. The van der Waals surface area contributed by atoms with E-state index in [1.54, 1.807) is 61.4 Å². The van der Waals surface area contributed by atoms with Crippen molar-refractivity contribution >= 4 is 23.2 Å². The van der Waals surface area contributed by atoms with Gasteiger partial charge in [0.1, 0.15) is 17.2 Å². The van der Waals surface area contributed by atoms with Crippen LogP contribution in [0.1, 0.15) is 12.5 Å². The molecule has 164 valence electrons. The second-order valence-corrected chi connectivity index (χ2v) is 7.37. The minimum absolute atomic E-state index is 0.133. The van der Waals surface area contributed by atoms with E-state index in [2.05, 4.69) is 5.32 Å². The summed E-state index contributed by atoms with van der Waals surface area (Å²) >= 11 is 0. The number of nitrogens with one attached hydrogen (secondary N) is 1. The topological polar surface area (TPSA) is 77.1 Å². The van der Waals surface area contributed by atoms with Gasteiger partial charge in [-0.2, -0.15) is 0 Å². The first-order chi connectivity index (χ1) is 15.5. The van der Waals surface area contributed by atoms with Gasteiger partial charge in [0.15, 0.2) is 12.7 Å². The van der Waals surface area contributed by atoms with Crippen LogP contribution in [0.5, 0.6) is 17.2 Å². The van der Waals surface area contributed by atoms with E-state index in [1.807, 2.05) is 30.3 Å². The molecule has 0 saturated heterocycles. The Bertz CT molecular complexity index is 1120. The number of anilines is 2. The Kier molecular flexibility index (Phi) is 6.26.